The molecule has 0 amide bonds. The summed E-state index contributed by atoms with van der Waals surface area (Å²) in [5, 5.41) is 21.6. The first-order valence-corrected chi connectivity index (χ1v) is 12.5. The molecule has 38 heavy (non-hydrogen) atoms. The highest BCUT2D eigenvalue weighted by Crippen LogP contribution is 2.21. The van der Waals surface area contributed by atoms with Crippen LogP contribution in [-0.2, 0) is 6.42 Å². The van der Waals surface area contributed by atoms with Crippen molar-refractivity contribution in [2.75, 3.05) is 54.5 Å². The van der Waals surface area contributed by atoms with Gasteiger partial charge < -0.3 is 30.1 Å². The van der Waals surface area contributed by atoms with Gasteiger partial charge in [0.2, 0.25) is 17.8 Å². The molecule has 11 nitrogen and oxygen atoms in total. The molecule has 1 aliphatic heterocycles. The lowest BCUT2D eigenvalue weighted by Gasteiger charge is -2.34. The minimum absolute atomic E-state index is 0.00467. The minimum Gasteiger partial charge on any atom is -0.491 e. The van der Waals surface area contributed by atoms with Crippen molar-refractivity contribution in [1.29, 1.82) is 0 Å². The Morgan fingerprint density at radius 2 is 1.58 bits per heavy atom. The standard InChI is InChI=1S/C27H30N8O3/c36-17-23(37)18-38-24-8-4-7-22(14-24)32-25-30-19-31-27(33-25)35-11-9-34(10-12-35)26-28-15-21(16-29-26)13-20-5-2-1-3-6-20/h1-8,14-16,19,23,36-37H,9-13,17-18H2,(H,30,31,32,33)/t23-/m1/s1. The van der Waals surface area contributed by atoms with Gasteiger partial charge in [-0.05, 0) is 23.3 Å². The average molecular weight is 515 g/mol. The lowest BCUT2D eigenvalue weighted by Crippen LogP contribution is -2.47. The number of aromatic nitrogens is 5. The van der Waals surface area contributed by atoms with Crippen molar-refractivity contribution >= 4 is 23.5 Å². The summed E-state index contributed by atoms with van der Waals surface area (Å²) in [7, 11) is 0. The van der Waals surface area contributed by atoms with Crippen molar-refractivity contribution in [3.8, 4) is 5.75 Å². The second-order valence-corrected chi connectivity index (χ2v) is 8.94. The van der Waals surface area contributed by atoms with E-state index >= 15 is 0 Å². The Bertz CT molecular complexity index is 1300. The van der Waals surface area contributed by atoms with E-state index in [1.165, 1.54) is 11.9 Å². The number of piperazine rings is 1. The Morgan fingerprint density at radius 1 is 0.842 bits per heavy atom. The summed E-state index contributed by atoms with van der Waals surface area (Å²) in [5.41, 5.74) is 3.06. The number of hydrogen-bond donors (Lipinski definition) is 3. The second-order valence-electron chi connectivity index (χ2n) is 8.94. The molecule has 1 saturated heterocycles. The maximum atomic E-state index is 9.49. The van der Waals surface area contributed by atoms with Gasteiger partial charge in [0.05, 0.1) is 6.61 Å². The number of anilines is 4. The molecule has 5 rings (SSSR count). The number of hydrogen-bond acceptors (Lipinski definition) is 11. The number of nitrogens with one attached hydrogen (secondary N) is 1. The summed E-state index contributed by atoms with van der Waals surface area (Å²) in [4.78, 5) is 26.7. The fraction of sp³-hybridized carbons (Fsp3) is 0.296. The molecular weight excluding hydrogens is 484 g/mol. The van der Waals surface area contributed by atoms with Gasteiger partial charge in [0.15, 0.2) is 0 Å². The third-order valence-corrected chi connectivity index (χ3v) is 6.09. The third-order valence-electron chi connectivity index (χ3n) is 6.09. The highest BCUT2D eigenvalue weighted by molar-refractivity contribution is 5.56. The van der Waals surface area contributed by atoms with Gasteiger partial charge in [-0.1, -0.05) is 36.4 Å². The molecule has 1 atom stereocenters. The van der Waals surface area contributed by atoms with Gasteiger partial charge in [-0.2, -0.15) is 4.98 Å². The lowest BCUT2D eigenvalue weighted by molar-refractivity contribution is 0.0536. The number of nitrogens with zero attached hydrogens (tertiary/aromatic N) is 7. The van der Waals surface area contributed by atoms with E-state index < -0.39 is 6.10 Å². The van der Waals surface area contributed by atoms with E-state index in [0.29, 0.717) is 17.6 Å². The fourth-order valence-corrected chi connectivity index (χ4v) is 4.08. The monoisotopic (exact) mass is 514 g/mol. The van der Waals surface area contributed by atoms with Crippen LogP contribution in [0.5, 0.6) is 5.75 Å². The minimum atomic E-state index is -0.927. The van der Waals surface area contributed by atoms with E-state index in [1.807, 2.05) is 42.7 Å². The lowest BCUT2D eigenvalue weighted by atomic mass is 10.1. The molecule has 2 aromatic carbocycles. The fourth-order valence-electron chi connectivity index (χ4n) is 4.08. The summed E-state index contributed by atoms with van der Waals surface area (Å²) in [6, 6.07) is 17.5. The van der Waals surface area contributed by atoms with Crippen molar-refractivity contribution in [3.63, 3.8) is 0 Å². The van der Waals surface area contributed by atoms with Gasteiger partial charge in [-0.15, -0.1) is 0 Å². The molecule has 1 fully saturated rings. The second kappa shape index (κ2) is 12.3. The Labute approximate surface area is 220 Å². The van der Waals surface area contributed by atoms with Crippen LogP contribution in [0, 0.1) is 0 Å². The van der Waals surface area contributed by atoms with Gasteiger partial charge in [-0.3, -0.25) is 0 Å². The van der Waals surface area contributed by atoms with E-state index in [9.17, 15) is 5.11 Å². The molecule has 0 saturated carbocycles. The first-order valence-electron chi connectivity index (χ1n) is 12.5. The van der Waals surface area contributed by atoms with Gasteiger partial charge >= 0.3 is 0 Å². The van der Waals surface area contributed by atoms with Crippen LogP contribution >= 0.6 is 0 Å². The molecule has 0 unspecified atom stereocenters. The molecule has 0 aliphatic carbocycles. The predicted octanol–water partition coefficient (Wildman–Crippen LogP) is 2.05. The van der Waals surface area contributed by atoms with E-state index in [1.54, 1.807) is 12.1 Å². The highest BCUT2D eigenvalue weighted by atomic mass is 16.5. The van der Waals surface area contributed by atoms with Gasteiger partial charge in [-0.25, -0.2) is 19.9 Å². The van der Waals surface area contributed by atoms with Crippen LogP contribution in [0.3, 0.4) is 0 Å². The summed E-state index contributed by atoms with van der Waals surface area (Å²) in [6.45, 7) is 2.62. The zero-order valence-corrected chi connectivity index (χ0v) is 20.9. The van der Waals surface area contributed by atoms with Crippen molar-refractivity contribution in [1.82, 2.24) is 24.9 Å². The average Bonchev–Trinajstić information content (AvgIpc) is 2.97. The zero-order valence-electron chi connectivity index (χ0n) is 20.9. The quantitative estimate of drug-likeness (QED) is 0.287. The number of ether oxygens (including phenoxy) is 1. The third kappa shape index (κ3) is 6.69. The Kier molecular flexibility index (Phi) is 8.16. The SMILES string of the molecule is OC[C@@H](O)COc1cccc(Nc2ncnc(N3CCN(c4ncc(Cc5ccccc5)cn4)CC3)n2)c1. The molecule has 0 radical (unpaired) electrons. The largest absolute Gasteiger partial charge is 0.491 e. The molecule has 0 spiro atoms. The Balaban J connectivity index is 1.15. The Hall–Kier alpha value is -4.35. The number of rotatable bonds is 10. The van der Waals surface area contributed by atoms with Crippen molar-refractivity contribution in [2.24, 2.45) is 0 Å². The van der Waals surface area contributed by atoms with Crippen LogP contribution in [0.2, 0.25) is 0 Å². The van der Waals surface area contributed by atoms with Crippen LogP contribution in [-0.4, -0.2) is 80.6 Å². The van der Waals surface area contributed by atoms with Gasteiger partial charge in [0.25, 0.3) is 0 Å². The van der Waals surface area contributed by atoms with Crippen LogP contribution < -0.4 is 19.9 Å². The molecule has 1 aliphatic rings. The van der Waals surface area contributed by atoms with Gasteiger partial charge in [0, 0.05) is 56.7 Å². The van der Waals surface area contributed by atoms with E-state index in [4.69, 9.17) is 9.84 Å². The van der Waals surface area contributed by atoms with Crippen LogP contribution in [0.15, 0.2) is 73.3 Å². The molecule has 11 heteroatoms. The van der Waals surface area contributed by atoms with Crippen LogP contribution in [0.1, 0.15) is 11.1 Å². The zero-order chi connectivity index (χ0) is 26.2. The number of benzene rings is 2. The molecular formula is C27H30N8O3. The smallest absolute Gasteiger partial charge is 0.232 e. The molecule has 3 heterocycles. The Morgan fingerprint density at radius 3 is 2.32 bits per heavy atom. The highest BCUT2D eigenvalue weighted by Gasteiger charge is 2.21. The topological polar surface area (TPSA) is 133 Å². The normalized spacial score (nSPS) is 14.3. The first-order chi connectivity index (χ1) is 18.7. The molecule has 3 N–H and O–H groups in total. The van der Waals surface area contributed by atoms with E-state index in [0.717, 1.165) is 49.8 Å². The molecule has 0 bridgehead atoms. The van der Waals surface area contributed by atoms with Gasteiger partial charge in [0.1, 0.15) is 24.8 Å². The van der Waals surface area contributed by atoms with Crippen LogP contribution in [0.4, 0.5) is 23.5 Å². The van der Waals surface area contributed by atoms with Crippen molar-refractivity contribution < 1.29 is 14.9 Å². The molecule has 2 aromatic heterocycles. The number of aliphatic hydroxyl groups is 2. The predicted molar refractivity (Wildman–Crippen MR) is 144 cm³/mol. The maximum absolute atomic E-state index is 9.49. The summed E-state index contributed by atoms with van der Waals surface area (Å²) in [6.07, 6.45) is 5.18. The summed E-state index contributed by atoms with van der Waals surface area (Å²) >= 11 is 0. The molecule has 4 aromatic rings. The van der Waals surface area contributed by atoms with Crippen LogP contribution in [0.25, 0.3) is 0 Å². The first kappa shape index (κ1) is 25.3. The van der Waals surface area contributed by atoms with Crippen molar-refractivity contribution in [2.45, 2.75) is 12.5 Å². The number of aliphatic hydroxyl groups excluding tert-OH is 2. The van der Waals surface area contributed by atoms with E-state index in [-0.39, 0.29) is 13.2 Å². The summed E-state index contributed by atoms with van der Waals surface area (Å²) < 4.78 is 5.51. The van der Waals surface area contributed by atoms with E-state index in [2.05, 4.69) is 52.2 Å². The summed E-state index contributed by atoms with van der Waals surface area (Å²) in [5.74, 6) is 2.30. The maximum Gasteiger partial charge on any atom is 0.232 e. The molecule has 196 valence electrons. The van der Waals surface area contributed by atoms with Crippen molar-refractivity contribution in [3.05, 3.63) is 84.4 Å².